The van der Waals surface area contributed by atoms with E-state index in [1.165, 1.54) is 6.92 Å². The molecule has 2 aromatic carbocycles. The molecule has 152 valence electrons. The van der Waals surface area contributed by atoms with Crippen LogP contribution in [0.15, 0.2) is 48.5 Å². The molecular weight excluding hydrogens is 370 g/mol. The molecule has 0 spiro atoms. The lowest BCUT2D eigenvalue weighted by Crippen LogP contribution is -2.49. The first kappa shape index (κ1) is 20.4. The number of aryl methyl sites for hydroxylation is 1. The lowest BCUT2D eigenvalue weighted by Gasteiger charge is -2.22. The average molecular weight is 395 g/mol. The van der Waals surface area contributed by atoms with E-state index in [0.29, 0.717) is 5.75 Å². The minimum Gasteiger partial charge on any atom is -0.457 e. The second kappa shape index (κ2) is 7.95. The van der Waals surface area contributed by atoms with Gasteiger partial charge in [0.05, 0.1) is 0 Å². The summed E-state index contributed by atoms with van der Waals surface area (Å²) in [6.45, 7) is 7.01. The number of ether oxygens (including phenoxy) is 1. The van der Waals surface area contributed by atoms with Gasteiger partial charge in [-0.05, 0) is 57.0 Å². The van der Waals surface area contributed by atoms with Crippen LogP contribution < -0.4 is 15.4 Å². The zero-order chi connectivity index (χ0) is 21.2. The van der Waals surface area contributed by atoms with Gasteiger partial charge in [-0.3, -0.25) is 9.59 Å². The van der Waals surface area contributed by atoms with Crippen LogP contribution in [0.5, 0.6) is 11.5 Å². The number of nitrogens with zero attached hydrogens (tertiary/aromatic N) is 1. The fourth-order valence-electron chi connectivity index (χ4n) is 3.05. The Kier molecular flexibility index (Phi) is 5.59. The zero-order valence-corrected chi connectivity index (χ0v) is 17.0. The molecular formula is C22H25N3O4. The number of carbonyl (C=O) groups excluding carboxylic acids is 3. The largest absolute Gasteiger partial charge is 0.457 e. The van der Waals surface area contributed by atoms with E-state index in [0.717, 1.165) is 21.8 Å². The smallest absolute Gasteiger partial charge is 0.325 e. The maximum atomic E-state index is 12.4. The van der Waals surface area contributed by atoms with Crippen LogP contribution in [0.3, 0.4) is 0 Å². The Morgan fingerprint density at radius 2 is 1.79 bits per heavy atom. The highest BCUT2D eigenvalue weighted by Crippen LogP contribution is 2.25. The van der Waals surface area contributed by atoms with Crippen molar-refractivity contribution in [3.8, 4) is 11.5 Å². The van der Waals surface area contributed by atoms with E-state index >= 15 is 0 Å². The molecule has 2 aromatic rings. The standard InChI is InChI=1S/C22H25N3O4/c1-14-7-5-6-8-18(14)29-17-11-9-16(10-12-17)13-23-19(26)15(2)25-20(27)22(3,4)24-21(25)28/h5-12,15H,13H2,1-4H3,(H,23,26)(H,24,28)/t15-/m0/s1. The molecule has 1 heterocycles. The summed E-state index contributed by atoms with van der Waals surface area (Å²) in [4.78, 5) is 37.8. The monoisotopic (exact) mass is 395 g/mol. The predicted octanol–water partition coefficient (Wildman–Crippen LogP) is 3.12. The van der Waals surface area contributed by atoms with Gasteiger partial charge < -0.3 is 15.4 Å². The number of carbonyl (C=O) groups is 3. The van der Waals surface area contributed by atoms with Gasteiger partial charge >= 0.3 is 6.03 Å². The number of hydrogen-bond donors (Lipinski definition) is 2. The quantitative estimate of drug-likeness (QED) is 0.736. The Labute approximate surface area is 170 Å². The first-order valence-corrected chi connectivity index (χ1v) is 9.45. The molecule has 7 heteroatoms. The third-order valence-electron chi connectivity index (χ3n) is 4.87. The van der Waals surface area contributed by atoms with Crippen LogP contribution in [-0.4, -0.2) is 34.3 Å². The minimum absolute atomic E-state index is 0.279. The summed E-state index contributed by atoms with van der Waals surface area (Å²) in [7, 11) is 0. The summed E-state index contributed by atoms with van der Waals surface area (Å²) in [5.41, 5.74) is 0.917. The van der Waals surface area contributed by atoms with Gasteiger partial charge in [-0.25, -0.2) is 9.69 Å². The molecule has 1 atom stereocenters. The van der Waals surface area contributed by atoms with Crippen LogP contribution in [0.4, 0.5) is 4.79 Å². The SMILES string of the molecule is Cc1ccccc1Oc1ccc(CNC(=O)[C@H](C)N2C(=O)NC(C)(C)C2=O)cc1. The number of amides is 4. The minimum atomic E-state index is -1.00. The highest BCUT2D eigenvalue weighted by molar-refractivity contribution is 6.09. The van der Waals surface area contributed by atoms with Gasteiger partial charge in [0.25, 0.3) is 5.91 Å². The lowest BCUT2D eigenvalue weighted by molar-refractivity contribution is -0.137. The highest BCUT2D eigenvalue weighted by Gasteiger charge is 2.47. The highest BCUT2D eigenvalue weighted by atomic mass is 16.5. The van der Waals surface area contributed by atoms with Crippen molar-refractivity contribution in [1.82, 2.24) is 15.5 Å². The van der Waals surface area contributed by atoms with E-state index in [9.17, 15) is 14.4 Å². The van der Waals surface area contributed by atoms with Crippen LogP contribution >= 0.6 is 0 Å². The number of benzene rings is 2. The Hall–Kier alpha value is -3.35. The van der Waals surface area contributed by atoms with E-state index in [-0.39, 0.29) is 6.54 Å². The van der Waals surface area contributed by atoms with E-state index in [1.54, 1.807) is 13.8 Å². The number of rotatable bonds is 6. The summed E-state index contributed by atoms with van der Waals surface area (Å²) in [5.74, 6) is 0.678. The molecule has 0 saturated carbocycles. The molecule has 7 nitrogen and oxygen atoms in total. The van der Waals surface area contributed by atoms with Crippen molar-refractivity contribution >= 4 is 17.8 Å². The van der Waals surface area contributed by atoms with Crippen LogP contribution in [0.2, 0.25) is 0 Å². The Balaban J connectivity index is 1.57. The third-order valence-corrected chi connectivity index (χ3v) is 4.87. The van der Waals surface area contributed by atoms with E-state index < -0.39 is 29.4 Å². The second-order valence-electron chi connectivity index (χ2n) is 7.64. The van der Waals surface area contributed by atoms with Crippen molar-refractivity contribution in [3.05, 3.63) is 59.7 Å². The van der Waals surface area contributed by atoms with Crippen molar-refractivity contribution < 1.29 is 19.1 Å². The Morgan fingerprint density at radius 3 is 2.38 bits per heavy atom. The maximum absolute atomic E-state index is 12.4. The number of para-hydroxylation sites is 1. The lowest BCUT2D eigenvalue weighted by atomic mass is 10.1. The van der Waals surface area contributed by atoms with Crippen LogP contribution in [0.1, 0.15) is 31.9 Å². The topological polar surface area (TPSA) is 87.7 Å². The summed E-state index contributed by atoms with van der Waals surface area (Å²) in [6, 6.07) is 13.7. The normalized spacial score (nSPS) is 16.3. The second-order valence-corrected chi connectivity index (χ2v) is 7.64. The number of imide groups is 1. The van der Waals surface area contributed by atoms with Crippen LogP contribution in [-0.2, 0) is 16.1 Å². The summed E-state index contributed by atoms with van der Waals surface area (Å²) in [6.07, 6.45) is 0. The van der Waals surface area contributed by atoms with Crippen molar-refractivity contribution in [1.29, 1.82) is 0 Å². The summed E-state index contributed by atoms with van der Waals surface area (Å²) in [5, 5.41) is 5.34. The molecule has 0 bridgehead atoms. The molecule has 29 heavy (non-hydrogen) atoms. The number of urea groups is 1. The van der Waals surface area contributed by atoms with E-state index in [2.05, 4.69) is 10.6 Å². The summed E-state index contributed by atoms with van der Waals surface area (Å²) < 4.78 is 5.86. The average Bonchev–Trinajstić information content (AvgIpc) is 2.89. The molecule has 4 amide bonds. The molecule has 2 N–H and O–H groups in total. The molecule has 1 saturated heterocycles. The van der Waals surface area contributed by atoms with Gasteiger partial charge in [0, 0.05) is 6.54 Å². The van der Waals surface area contributed by atoms with Crippen molar-refractivity contribution in [2.45, 2.75) is 45.8 Å². The van der Waals surface area contributed by atoms with Crippen LogP contribution in [0.25, 0.3) is 0 Å². The number of hydrogen-bond acceptors (Lipinski definition) is 4. The van der Waals surface area contributed by atoms with Crippen molar-refractivity contribution in [2.75, 3.05) is 0 Å². The first-order chi connectivity index (χ1) is 13.7. The Bertz CT molecular complexity index is 937. The fourth-order valence-corrected chi connectivity index (χ4v) is 3.05. The first-order valence-electron chi connectivity index (χ1n) is 9.45. The molecule has 1 fully saturated rings. The molecule has 1 aliphatic rings. The van der Waals surface area contributed by atoms with Crippen molar-refractivity contribution in [3.63, 3.8) is 0 Å². The van der Waals surface area contributed by atoms with E-state index in [1.807, 2.05) is 55.5 Å². The van der Waals surface area contributed by atoms with Gasteiger partial charge in [-0.1, -0.05) is 30.3 Å². The molecule has 0 aliphatic carbocycles. The molecule has 0 aromatic heterocycles. The van der Waals surface area contributed by atoms with E-state index in [4.69, 9.17) is 4.74 Å². The molecule has 0 radical (unpaired) electrons. The predicted molar refractivity (Wildman–Crippen MR) is 108 cm³/mol. The number of nitrogens with one attached hydrogen (secondary N) is 2. The molecule has 3 rings (SSSR count). The molecule has 0 unspecified atom stereocenters. The van der Waals surface area contributed by atoms with Crippen molar-refractivity contribution in [2.24, 2.45) is 0 Å². The van der Waals surface area contributed by atoms with Gasteiger partial charge in [0.1, 0.15) is 23.1 Å². The van der Waals surface area contributed by atoms with Gasteiger partial charge in [-0.15, -0.1) is 0 Å². The fraction of sp³-hybridized carbons (Fsp3) is 0.318. The van der Waals surface area contributed by atoms with Gasteiger partial charge in [-0.2, -0.15) is 0 Å². The Morgan fingerprint density at radius 1 is 1.14 bits per heavy atom. The molecule has 1 aliphatic heterocycles. The van der Waals surface area contributed by atoms with Crippen LogP contribution in [0, 0.1) is 6.92 Å². The van der Waals surface area contributed by atoms with Gasteiger partial charge in [0.2, 0.25) is 5.91 Å². The van der Waals surface area contributed by atoms with Gasteiger partial charge in [0.15, 0.2) is 0 Å². The third kappa shape index (κ3) is 4.39. The summed E-state index contributed by atoms with van der Waals surface area (Å²) >= 11 is 0. The maximum Gasteiger partial charge on any atom is 0.325 e. The zero-order valence-electron chi connectivity index (χ0n) is 17.0.